The van der Waals surface area contributed by atoms with Gasteiger partial charge in [-0.25, -0.2) is 9.48 Å². The van der Waals surface area contributed by atoms with Crippen LogP contribution in [-0.4, -0.2) is 37.5 Å². The number of nitrogens with one attached hydrogen (secondary N) is 2. The Bertz CT molecular complexity index is 1410. The number of hydrogen-bond donors (Lipinski definition) is 2. The predicted octanol–water partition coefficient (Wildman–Crippen LogP) is 2.90. The Labute approximate surface area is 199 Å². The van der Waals surface area contributed by atoms with Crippen LogP contribution in [-0.2, 0) is 19.4 Å². The number of aromatic nitrogens is 4. The van der Waals surface area contributed by atoms with Crippen molar-refractivity contribution in [2.24, 2.45) is 0 Å². The van der Waals surface area contributed by atoms with Crippen LogP contribution in [0.5, 0.6) is 0 Å². The lowest BCUT2D eigenvalue weighted by atomic mass is 9.95. The molecule has 0 atom stereocenters. The van der Waals surface area contributed by atoms with Gasteiger partial charge in [0.25, 0.3) is 11.8 Å². The highest BCUT2D eigenvalue weighted by Gasteiger charge is 2.26. The molecule has 4 aromatic heterocycles. The normalized spacial score (nSPS) is 12.9. The number of carbonyl (C=O) groups is 2. The third kappa shape index (κ3) is 4.36. The first-order valence-electron chi connectivity index (χ1n) is 11.3. The Morgan fingerprint density at radius 2 is 1.97 bits per heavy atom. The van der Waals surface area contributed by atoms with E-state index in [0.29, 0.717) is 41.3 Å². The third-order valence-corrected chi connectivity index (χ3v) is 7.08. The molecule has 4 heterocycles. The van der Waals surface area contributed by atoms with E-state index in [1.54, 1.807) is 36.7 Å². The monoisotopic (exact) mass is 476 g/mol. The van der Waals surface area contributed by atoms with E-state index in [2.05, 4.69) is 20.7 Å². The lowest BCUT2D eigenvalue weighted by molar-refractivity contribution is 0.0952. The van der Waals surface area contributed by atoms with E-state index in [1.807, 2.05) is 6.07 Å². The number of nitrogens with zero attached hydrogens (tertiary/aromatic N) is 4. The summed E-state index contributed by atoms with van der Waals surface area (Å²) < 4.78 is 2.90. The second-order valence-electron chi connectivity index (χ2n) is 8.15. The van der Waals surface area contributed by atoms with Crippen molar-refractivity contribution in [1.82, 2.24) is 24.5 Å². The van der Waals surface area contributed by atoms with Crippen molar-refractivity contribution in [3.05, 3.63) is 81.0 Å². The van der Waals surface area contributed by atoms with Crippen LogP contribution in [0.1, 0.15) is 50.4 Å². The summed E-state index contributed by atoms with van der Waals surface area (Å²) >= 11 is 1.48. The predicted molar refractivity (Wildman–Crippen MR) is 130 cm³/mol. The van der Waals surface area contributed by atoms with E-state index in [9.17, 15) is 14.4 Å². The molecule has 0 saturated carbocycles. The summed E-state index contributed by atoms with van der Waals surface area (Å²) in [5, 5.41) is 10.8. The summed E-state index contributed by atoms with van der Waals surface area (Å²) in [6, 6.07) is 8.79. The van der Waals surface area contributed by atoms with Gasteiger partial charge in [-0.3, -0.25) is 19.0 Å². The first kappa shape index (κ1) is 22.0. The molecular formula is C24H24N6O3S. The second kappa shape index (κ2) is 9.60. The van der Waals surface area contributed by atoms with Gasteiger partial charge >= 0.3 is 5.69 Å². The molecule has 0 fully saturated rings. The average molecular weight is 477 g/mol. The number of anilines is 1. The van der Waals surface area contributed by atoms with Crippen LogP contribution >= 0.6 is 11.3 Å². The molecule has 0 unspecified atom stereocenters. The summed E-state index contributed by atoms with van der Waals surface area (Å²) in [5.74, 6) is -0.491. The SMILES string of the molecule is O=C(Nc1sc2c(c1C(=O)NCCCn1nc3ccccn3c1=O)CCCC2)c1cccnc1. The number of hydrogen-bond acceptors (Lipinski definition) is 6. The highest BCUT2D eigenvalue weighted by Crippen LogP contribution is 2.38. The minimum absolute atomic E-state index is 0.200. The fourth-order valence-electron chi connectivity index (χ4n) is 4.20. The molecule has 10 heteroatoms. The van der Waals surface area contributed by atoms with Crippen LogP contribution in [0.25, 0.3) is 5.65 Å². The molecule has 1 aliphatic rings. The average Bonchev–Trinajstić information content (AvgIpc) is 3.39. The summed E-state index contributed by atoms with van der Waals surface area (Å²) in [6.45, 7) is 0.785. The highest BCUT2D eigenvalue weighted by atomic mass is 32.1. The van der Waals surface area contributed by atoms with Crippen LogP contribution in [0.15, 0.2) is 53.7 Å². The van der Waals surface area contributed by atoms with Gasteiger partial charge in [-0.15, -0.1) is 16.4 Å². The van der Waals surface area contributed by atoms with Crippen LogP contribution in [0.4, 0.5) is 5.00 Å². The standard InChI is InChI=1S/C24H24N6O3S/c31-21(16-7-5-11-25-15-16)27-23-20(17-8-1-2-9-18(17)34-23)22(32)26-12-6-14-30-24(33)29-13-4-3-10-19(29)28-30/h3-5,7,10-11,13,15H,1-2,6,8-9,12,14H2,(H,26,32)(H,27,31). The van der Waals surface area contributed by atoms with Gasteiger partial charge in [0.2, 0.25) is 0 Å². The number of rotatable bonds is 7. The van der Waals surface area contributed by atoms with Crippen molar-refractivity contribution >= 4 is 33.8 Å². The maximum Gasteiger partial charge on any atom is 0.350 e. The van der Waals surface area contributed by atoms with Gasteiger partial charge in [-0.2, -0.15) is 0 Å². The van der Waals surface area contributed by atoms with E-state index in [1.165, 1.54) is 26.6 Å². The molecule has 0 saturated heterocycles. The van der Waals surface area contributed by atoms with Crippen molar-refractivity contribution in [2.75, 3.05) is 11.9 Å². The first-order chi connectivity index (χ1) is 16.6. The van der Waals surface area contributed by atoms with Gasteiger partial charge in [-0.05, 0) is 61.9 Å². The maximum atomic E-state index is 13.2. The van der Waals surface area contributed by atoms with Crippen molar-refractivity contribution < 1.29 is 9.59 Å². The van der Waals surface area contributed by atoms with Gasteiger partial charge in [0.1, 0.15) is 5.00 Å². The van der Waals surface area contributed by atoms with E-state index >= 15 is 0 Å². The largest absolute Gasteiger partial charge is 0.352 e. The smallest absolute Gasteiger partial charge is 0.350 e. The number of fused-ring (bicyclic) bond motifs is 2. The minimum Gasteiger partial charge on any atom is -0.352 e. The molecule has 0 radical (unpaired) electrons. The van der Waals surface area contributed by atoms with Crippen LogP contribution < -0.4 is 16.3 Å². The summed E-state index contributed by atoms with van der Waals surface area (Å²) in [6.07, 6.45) is 9.20. The van der Waals surface area contributed by atoms with Gasteiger partial charge in [0.05, 0.1) is 11.1 Å². The number of carbonyl (C=O) groups excluding carboxylic acids is 2. The molecule has 4 aromatic rings. The quantitative estimate of drug-likeness (QED) is 0.399. The fourth-order valence-corrected chi connectivity index (χ4v) is 5.48. The molecule has 2 N–H and O–H groups in total. The second-order valence-corrected chi connectivity index (χ2v) is 9.26. The van der Waals surface area contributed by atoms with Crippen molar-refractivity contribution in [3.8, 4) is 0 Å². The molecule has 0 aliphatic heterocycles. The molecule has 9 nitrogen and oxygen atoms in total. The number of amides is 2. The van der Waals surface area contributed by atoms with E-state index in [-0.39, 0.29) is 17.5 Å². The fraction of sp³-hybridized carbons (Fsp3) is 0.292. The lowest BCUT2D eigenvalue weighted by Crippen LogP contribution is -2.29. The zero-order chi connectivity index (χ0) is 23.5. The molecule has 174 valence electrons. The van der Waals surface area contributed by atoms with Gasteiger partial charge in [0.15, 0.2) is 5.65 Å². The molecule has 5 rings (SSSR count). The lowest BCUT2D eigenvalue weighted by Gasteiger charge is -2.13. The van der Waals surface area contributed by atoms with E-state index in [0.717, 1.165) is 36.1 Å². The Kier molecular flexibility index (Phi) is 6.22. The van der Waals surface area contributed by atoms with Crippen molar-refractivity contribution in [3.63, 3.8) is 0 Å². The Balaban J connectivity index is 1.28. The van der Waals surface area contributed by atoms with Crippen LogP contribution in [0.3, 0.4) is 0 Å². The highest BCUT2D eigenvalue weighted by molar-refractivity contribution is 7.17. The molecule has 34 heavy (non-hydrogen) atoms. The van der Waals surface area contributed by atoms with E-state index < -0.39 is 0 Å². The first-order valence-corrected chi connectivity index (χ1v) is 12.1. The zero-order valence-electron chi connectivity index (χ0n) is 18.5. The van der Waals surface area contributed by atoms with Gasteiger partial charge in [0, 0.05) is 36.6 Å². The zero-order valence-corrected chi connectivity index (χ0v) is 19.3. The summed E-state index contributed by atoms with van der Waals surface area (Å²) in [5.41, 5.74) is 2.43. The Morgan fingerprint density at radius 1 is 1.09 bits per heavy atom. The van der Waals surface area contributed by atoms with E-state index in [4.69, 9.17) is 0 Å². The van der Waals surface area contributed by atoms with Crippen LogP contribution in [0, 0.1) is 0 Å². The molecule has 0 spiro atoms. The van der Waals surface area contributed by atoms with Crippen molar-refractivity contribution in [1.29, 1.82) is 0 Å². The van der Waals surface area contributed by atoms with Crippen LogP contribution in [0.2, 0.25) is 0 Å². The summed E-state index contributed by atoms with van der Waals surface area (Å²) in [4.78, 5) is 43.4. The number of thiophene rings is 1. The molecule has 0 aromatic carbocycles. The minimum atomic E-state index is -0.285. The molecule has 2 amide bonds. The van der Waals surface area contributed by atoms with Gasteiger partial charge in [-0.1, -0.05) is 6.07 Å². The number of pyridine rings is 2. The molecule has 0 bridgehead atoms. The molecular weight excluding hydrogens is 452 g/mol. The molecule has 1 aliphatic carbocycles. The number of aryl methyl sites for hydroxylation is 2. The van der Waals surface area contributed by atoms with Gasteiger partial charge < -0.3 is 10.6 Å². The topological polar surface area (TPSA) is 110 Å². The maximum absolute atomic E-state index is 13.2. The Hall–Kier alpha value is -3.79. The summed E-state index contributed by atoms with van der Waals surface area (Å²) in [7, 11) is 0. The Morgan fingerprint density at radius 3 is 2.79 bits per heavy atom. The van der Waals surface area contributed by atoms with Crippen molar-refractivity contribution in [2.45, 2.75) is 38.6 Å². The third-order valence-electron chi connectivity index (χ3n) is 5.87.